The molecule has 0 fully saturated rings. The molecule has 7 nitrogen and oxygen atoms in total. The van der Waals surface area contributed by atoms with Crippen molar-refractivity contribution >= 4 is 75.1 Å². The molecule has 0 saturated heterocycles. The number of hydrogen-bond donors (Lipinski definition) is 0. The molecule has 0 N–H and O–H groups in total. The number of pyridine rings is 2. The molecule has 0 unspecified atom stereocenters. The lowest BCUT2D eigenvalue weighted by Crippen LogP contribution is -2.02. The van der Waals surface area contributed by atoms with E-state index in [2.05, 4.69) is 173 Å². The average Bonchev–Trinajstić information content (AvgIpc) is 4.08. The molecule has 13 aromatic rings. The van der Waals surface area contributed by atoms with Crippen LogP contribution in [0.1, 0.15) is 16.7 Å². The number of benzene rings is 8. The van der Waals surface area contributed by atoms with E-state index in [1.54, 1.807) is 23.5 Å². The zero-order chi connectivity index (χ0) is 46.2. The molecular weight excluding hydrogens is 863 g/mol. The third-order valence-corrected chi connectivity index (χ3v) is 14.5. The van der Waals surface area contributed by atoms with Gasteiger partial charge < -0.3 is 0 Å². The van der Waals surface area contributed by atoms with Gasteiger partial charge in [0.25, 0.3) is 0 Å². The summed E-state index contributed by atoms with van der Waals surface area (Å²) >= 11 is 1.68. The maximum Gasteiger partial charge on any atom is 0.137 e. The molecule has 0 amide bonds. The smallest absolute Gasteiger partial charge is 0.137 e. The van der Waals surface area contributed by atoms with Crippen LogP contribution in [0.2, 0.25) is 0 Å². The molecule has 0 aliphatic heterocycles. The second-order valence-electron chi connectivity index (χ2n) is 17.0. The average molecular weight is 896 g/mol. The van der Waals surface area contributed by atoms with Crippen LogP contribution >= 0.6 is 11.3 Å². The Labute approximate surface area is 399 Å². The molecule has 8 aromatic carbocycles. The van der Waals surface area contributed by atoms with Gasteiger partial charge in [0.1, 0.15) is 11.6 Å². The second-order valence-corrected chi connectivity index (χ2v) is 18.1. The first-order valence-electron chi connectivity index (χ1n) is 22.5. The number of aromatic nitrogens is 4. The van der Waals surface area contributed by atoms with Gasteiger partial charge in [0, 0.05) is 93.1 Å². The normalized spacial score (nSPS) is 11.4. The monoisotopic (exact) mass is 895 g/mol. The molecule has 69 heavy (non-hydrogen) atoms. The second kappa shape index (κ2) is 15.8. The van der Waals surface area contributed by atoms with Crippen molar-refractivity contribution in [3.05, 3.63) is 217 Å². The third-order valence-electron chi connectivity index (χ3n) is 13.3. The van der Waals surface area contributed by atoms with Crippen LogP contribution in [-0.2, 0) is 0 Å². The van der Waals surface area contributed by atoms with Crippen molar-refractivity contribution in [2.24, 2.45) is 0 Å². The lowest BCUT2D eigenvalue weighted by atomic mass is 9.79. The predicted molar refractivity (Wildman–Crippen MR) is 279 cm³/mol. The summed E-state index contributed by atoms with van der Waals surface area (Å²) in [4.78, 5) is 10.6. The highest BCUT2D eigenvalue weighted by Gasteiger charge is 2.30. The summed E-state index contributed by atoms with van der Waals surface area (Å²) in [5, 5.41) is 38.7. The Morgan fingerprint density at radius 2 is 0.812 bits per heavy atom. The van der Waals surface area contributed by atoms with E-state index >= 15 is 0 Å². The van der Waals surface area contributed by atoms with Gasteiger partial charge >= 0.3 is 0 Å². The van der Waals surface area contributed by atoms with Crippen molar-refractivity contribution in [1.82, 2.24) is 19.1 Å². The van der Waals surface area contributed by atoms with E-state index in [9.17, 15) is 15.8 Å². The van der Waals surface area contributed by atoms with Gasteiger partial charge in [0.15, 0.2) is 0 Å². The van der Waals surface area contributed by atoms with Crippen LogP contribution < -0.4 is 0 Å². The number of para-hydroxylation sites is 4. The van der Waals surface area contributed by atoms with E-state index in [-0.39, 0.29) is 16.7 Å². The van der Waals surface area contributed by atoms with Crippen LogP contribution in [0, 0.1) is 34.0 Å². The standard InChI is InChI=1S/C61H33N7S/c62-32-37-30-41(33-63)55(42(31-37)34-64)60-57(40-27-29-54(66-36-40)68-50-23-11-6-18-45(50)46-19-7-12-24-51(46)68)56(58(38-14-2-1-3-15-38)61-59(60)47-20-8-13-25-52(47)69-61)39-26-28-53(65-35-39)67-48-21-9-4-16-43(48)44-17-5-10-22-49(44)67/h1-31,35-36H. The molecule has 5 heterocycles. The van der Waals surface area contributed by atoms with Gasteiger partial charge in [0.05, 0.1) is 57.0 Å². The summed E-state index contributed by atoms with van der Waals surface area (Å²) in [6.45, 7) is 0. The Bertz CT molecular complexity index is 4240. The van der Waals surface area contributed by atoms with E-state index in [1.165, 1.54) is 0 Å². The van der Waals surface area contributed by atoms with Gasteiger partial charge in [-0.25, -0.2) is 9.97 Å². The molecule has 0 spiro atoms. The molecule has 5 aromatic heterocycles. The molecule has 0 bridgehead atoms. The lowest BCUT2D eigenvalue weighted by molar-refractivity contribution is 1.08. The SMILES string of the molecule is N#Cc1cc(C#N)c(-c2c(-c3ccc(-n4c5ccccc5c5ccccc54)nc3)c(-c3ccc(-n4c5ccccc5c5ccccc54)nc3)c(-c3ccccc3)c3sc4ccccc4c23)c(C#N)c1. The van der Waals surface area contributed by atoms with Gasteiger partial charge in [-0.3, -0.25) is 9.13 Å². The van der Waals surface area contributed by atoms with E-state index in [0.717, 1.165) is 109 Å². The van der Waals surface area contributed by atoms with Crippen molar-refractivity contribution < 1.29 is 0 Å². The Hall–Kier alpha value is -9.65. The Morgan fingerprint density at radius 1 is 0.377 bits per heavy atom. The molecule has 8 heteroatoms. The zero-order valence-electron chi connectivity index (χ0n) is 36.6. The van der Waals surface area contributed by atoms with Crippen molar-refractivity contribution in [1.29, 1.82) is 15.8 Å². The van der Waals surface area contributed by atoms with Gasteiger partial charge in [-0.05, 0) is 72.3 Å². The summed E-state index contributed by atoms with van der Waals surface area (Å²) in [5.41, 5.74) is 11.4. The van der Waals surface area contributed by atoms with E-state index in [1.807, 2.05) is 42.7 Å². The summed E-state index contributed by atoms with van der Waals surface area (Å²) in [5.74, 6) is 1.51. The lowest BCUT2D eigenvalue weighted by Gasteiger charge is -2.24. The fourth-order valence-electron chi connectivity index (χ4n) is 10.5. The highest BCUT2D eigenvalue weighted by atomic mass is 32.1. The van der Waals surface area contributed by atoms with Crippen LogP contribution in [0.15, 0.2) is 200 Å². The maximum absolute atomic E-state index is 11.0. The number of fused-ring (bicyclic) bond motifs is 9. The number of nitrogens with zero attached hydrogens (tertiary/aromatic N) is 7. The molecule has 0 radical (unpaired) electrons. The van der Waals surface area contributed by atoms with Gasteiger partial charge in [-0.1, -0.05) is 121 Å². The largest absolute Gasteiger partial charge is 0.294 e. The number of nitriles is 3. The minimum atomic E-state index is 0.233. The van der Waals surface area contributed by atoms with Crippen LogP contribution in [-0.4, -0.2) is 19.1 Å². The van der Waals surface area contributed by atoms with Gasteiger partial charge in [-0.2, -0.15) is 15.8 Å². The molecule has 13 rings (SSSR count). The van der Waals surface area contributed by atoms with Crippen LogP contribution in [0.4, 0.5) is 0 Å². The van der Waals surface area contributed by atoms with Crippen LogP contribution in [0.5, 0.6) is 0 Å². The van der Waals surface area contributed by atoms with Crippen molar-refractivity contribution in [3.63, 3.8) is 0 Å². The molecule has 0 saturated carbocycles. The molecule has 318 valence electrons. The first kappa shape index (κ1) is 39.7. The van der Waals surface area contributed by atoms with Gasteiger partial charge in [-0.15, -0.1) is 11.3 Å². The van der Waals surface area contributed by atoms with Gasteiger partial charge in [0.2, 0.25) is 0 Å². The first-order chi connectivity index (χ1) is 34.1. The quantitative estimate of drug-likeness (QED) is 0.165. The van der Waals surface area contributed by atoms with E-state index in [0.29, 0.717) is 11.1 Å². The number of thiophene rings is 1. The van der Waals surface area contributed by atoms with E-state index < -0.39 is 0 Å². The highest BCUT2D eigenvalue weighted by molar-refractivity contribution is 7.26. The molecular formula is C61H33N7S. The number of hydrogen-bond acceptors (Lipinski definition) is 6. The summed E-state index contributed by atoms with van der Waals surface area (Å²) in [6.07, 6.45) is 3.86. The highest BCUT2D eigenvalue weighted by Crippen LogP contribution is 2.56. The van der Waals surface area contributed by atoms with Crippen molar-refractivity contribution in [3.8, 4) is 74.4 Å². The van der Waals surface area contributed by atoms with Crippen molar-refractivity contribution in [2.75, 3.05) is 0 Å². The zero-order valence-corrected chi connectivity index (χ0v) is 37.4. The number of rotatable bonds is 6. The molecule has 0 aliphatic rings. The van der Waals surface area contributed by atoms with E-state index in [4.69, 9.17) is 9.97 Å². The Morgan fingerprint density at radius 3 is 1.26 bits per heavy atom. The minimum absolute atomic E-state index is 0.233. The van der Waals surface area contributed by atoms with Crippen LogP contribution in [0.25, 0.3) is 120 Å². The fraction of sp³-hybridized carbons (Fsp3) is 0. The summed E-state index contributed by atoms with van der Waals surface area (Å²) in [7, 11) is 0. The van der Waals surface area contributed by atoms with Crippen molar-refractivity contribution in [2.45, 2.75) is 0 Å². The minimum Gasteiger partial charge on any atom is -0.294 e. The summed E-state index contributed by atoms with van der Waals surface area (Å²) < 4.78 is 6.45. The third kappa shape index (κ3) is 6.03. The first-order valence-corrected chi connectivity index (χ1v) is 23.3. The summed E-state index contributed by atoms with van der Waals surface area (Å²) in [6, 6.07) is 70.9. The molecule has 0 atom stereocenters. The predicted octanol–water partition coefficient (Wildman–Crippen LogP) is 15.3. The topological polar surface area (TPSA) is 107 Å². The Balaban J connectivity index is 1.17. The maximum atomic E-state index is 11.0. The van der Waals surface area contributed by atoms with Crippen LogP contribution in [0.3, 0.4) is 0 Å². The molecule has 0 aliphatic carbocycles. The fourth-order valence-corrected chi connectivity index (χ4v) is 11.8. The Kier molecular flexibility index (Phi) is 9.07.